The molecule has 0 aromatic heterocycles. The number of nitrogens with zero attached hydrogens (tertiary/aromatic N) is 1. The van der Waals surface area contributed by atoms with E-state index in [2.05, 4.69) is 15.8 Å². The molecule has 4 N–H and O–H groups in total. The minimum Gasteiger partial charge on any atom is -0.493 e. The summed E-state index contributed by atoms with van der Waals surface area (Å²) in [5, 5.41) is 6.68. The van der Waals surface area contributed by atoms with Crippen LogP contribution in [0.1, 0.15) is 29.5 Å². The number of carbonyl (C=O) groups is 3. The van der Waals surface area contributed by atoms with E-state index in [1.54, 1.807) is 18.2 Å². The molecular formula is C22H26N4O5. The first-order valence-corrected chi connectivity index (χ1v) is 9.56. The highest BCUT2D eigenvalue weighted by Crippen LogP contribution is 2.27. The molecule has 0 spiro atoms. The van der Waals surface area contributed by atoms with Gasteiger partial charge in [-0.2, -0.15) is 5.10 Å². The number of hydrogen-bond donors (Lipinski definition) is 3. The fraction of sp³-hybridized carbons (Fsp3) is 0.273. The Labute approximate surface area is 180 Å². The third kappa shape index (κ3) is 7.81. The molecule has 0 radical (unpaired) electrons. The van der Waals surface area contributed by atoms with Crippen LogP contribution in [0.3, 0.4) is 0 Å². The molecule has 2 aromatic carbocycles. The summed E-state index contributed by atoms with van der Waals surface area (Å²) in [6, 6.07) is 10.6. The Morgan fingerprint density at radius 3 is 2.45 bits per heavy atom. The molecule has 0 aliphatic heterocycles. The molecule has 0 bridgehead atoms. The van der Waals surface area contributed by atoms with E-state index in [-0.39, 0.29) is 31.3 Å². The molecule has 9 heteroatoms. The predicted octanol–water partition coefficient (Wildman–Crippen LogP) is 2.05. The van der Waals surface area contributed by atoms with Gasteiger partial charge in [0, 0.05) is 18.5 Å². The van der Waals surface area contributed by atoms with Gasteiger partial charge < -0.3 is 20.5 Å². The SMILES string of the molecule is COc1cc(/C=N/NC(=O)CCC(=O)Nc2ccc(C)cc2C)ccc1OCC(N)=O. The molecule has 9 nitrogen and oxygen atoms in total. The molecule has 164 valence electrons. The van der Waals surface area contributed by atoms with Crippen LogP contribution in [0.15, 0.2) is 41.5 Å². The van der Waals surface area contributed by atoms with Crippen molar-refractivity contribution in [3.8, 4) is 11.5 Å². The fourth-order valence-electron chi connectivity index (χ4n) is 2.66. The first-order chi connectivity index (χ1) is 14.8. The van der Waals surface area contributed by atoms with Crippen LogP contribution in [0.2, 0.25) is 0 Å². The van der Waals surface area contributed by atoms with Crippen LogP contribution >= 0.6 is 0 Å². The predicted molar refractivity (Wildman–Crippen MR) is 117 cm³/mol. The third-order valence-corrected chi connectivity index (χ3v) is 4.20. The molecule has 31 heavy (non-hydrogen) atoms. The highest BCUT2D eigenvalue weighted by Gasteiger charge is 2.09. The van der Waals surface area contributed by atoms with Gasteiger partial charge in [0.2, 0.25) is 11.8 Å². The number of amides is 3. The maximum atomic E-state index is 12.1. The number of nitrogens with two attached hydrogens (primary N) is 1. The highest BCUT2D eigenvalue weighted by atomic mass is 16.5. The van der Waals surface area contributed by atoms with E-state index < -0.39 is 5.91 Å². The third-order valence-electron chi connectivity index (χ3n) is 4.20. The highest BCUT2D eigenvalue weighted by molar-refractivity contribution is 5.94. The Hall–Kier alpha value is -3.88. The molecular weight excluding hydrogens is 400 g/mol. The lowest BCUT2D eigenvalue weighted by Gasteiger charge is -2.10. The number of primary amides is 1. The molecule has 0 saturated carbocycles. The molecule has 3 amide bonds. The van der Waals surface area contributed by atoms with E-state index in [4.69, 9.17) is 15.2 Å². The van der Waals surface area contributed by atoms with E-state index >= 15 is 0 Å². The quantitative estimate of drug-likeness (QED) is 0.395. The number of ether oxygens (including phenoxy) is 2. The van der Waals surface area contributed by atoms with Crippen LogP contribution in [0, 0.1) is 13.8 Å². The van der Waals surface area contributed by atoms with Gasteiger partial charge >= 0.3 is 0 Å². The maximum Gasteiger partial charge on any atom is 0.255 e. The Bertz CT molecular complexity index is 988. The molecule has 0 aliphatic rings. The van der Waals surface area contributed by atoms with Crippen LogP contribution in [-0.4, -0.2) is 37.7 Å². The van der Waals surface area contributed by atoms with Gasteiger partial charge in [0.15, 0.2) is 18.1 Å². The minimum absolute atomic E-state index is 0.00268. The van der Waals surface area contributed by atoms with Gasteiger partial charge in [0.25, 0.3) is 5.91 Å². The molecule has 0 aliphatic carbocycles. The second kappa shape index (κ2) is 11.3. The number of nitrogens with one attached hydrogen (secondary N) is 2. The zero-order valence-corrected chi connectivity index (χ0v) is 17.7. The summed E-state index contributed by atoms with van der Waals surface area (Å²) in [5.74, 6) is -0.488. The average molecular weight is 426 g/mol. The van der Waals surface area contributed by atoms with Crippen molar-refractivity contribution in [2.45, 2.75) is 26.7 Å². The number of anilines is 1. The Morgan fingerprint density at radius 1 is 1.03 bits per heavy atom. The first-order valence-electron chi connectivity index (χ1n) is 9.56. The largest absolute Gasteiger partial charge is 0.493 e. The van der Waals surface area contributed by atoms with Gasteiger partial charge in [-0.05, 0) is 49.2 Å². The van der Waals surface area contributed by atoms with E-state index in [9.17, 15) is 14.4 Å². The normalized spacial score (nSPS) is 10.5. The number of rotatable bonds is 10. The van der Waals surface area contributed by atoms with E-state index in [0.29, 0.717) is 17.1 Å². The molecule has 0 heterocycles. The standard InChI is InChI=1S/C22H26N4O5/c1-14-4-6-17(15(2)10-14)25-21(28)8-9-22(29)26-24-12-16-5-7-18(19(11-16)30-3)31-13-20(23)27/h4-7,10-12H,8-9,13H2,1-3H3,(H2,23,27)(H,25,28)(H,26,29)/b24-12+. The lowest BCUT2D eigenvalue weighted by atomic mass is 10.1. The number of hydrogen-bond acceptors (Lipinski definition) is 6. The Balaban J connectivity index is 1.82. The molecule has 0 fully saturated rings. The number of carbonyl (C=O) groups excluding carboxylic acids is 3. The zero-order valence-electron chi connectivity index (χ0n) is 17.7. The lowest BCUT2D eigenvalue weighted by Crippen LogP contribution is -2.21. The minimum atomic E-state index is -0.599. The summed E-state index contributed by atoms with van der Waals surface area (Å²) in [6.45, 7) is 3.62. The van der Waals surface area contributed by atoms with E-state index in [0.717, 1.165) is 16.8 Å². The van der Waals surface area contributed by atoms with Crippen molar-refractivity contribution in [3.63, 3.8) is 0 Å². The van der Waals surface area contributed by atoms with Crippen LogP contribution in [-0.2, 0) is 14.4 Å². The van der Waals surface area contributed by atoms with E-state index in [1.807, 2.05) is 32.0 Å². The Morgan fingerprint density at radius 2 is 1.77 bits per heavy atom. The molecule has 0 atom stereocenters. The molecule has 0 unspecified atom stereocenters. The average Bonchev–Trinajstić information content (AvgIpc) is 2.73. The van der Waals surface area contributed by atoms with Gasteiger partial charge in [-0.1, -0.05) is 17.7 Å². The summed E-state index contributed by atoms with van der Waals surface area (Å²) < 4.78 is 10.4. The summed E-state index contributed by atoms with van der Waals surface area (Å²) in [7, 11) is 1.46. The van der Waals surface area contributed by atoms with Crippen LogP contribution in [0.4, 0.5) is 5.69 Å². The van der Waals surface area contributed by atoms with Crippen LogP contribution in [0.5, 0.6) is 11.5 Å². The molecule has 2 rings (SSSR count). The van der Waals surface area contributed by atoms with Crippen LogP contribution < -0.4 is 25.9 Å². The number of hydrazone groups is 1. The van der Waals surface area contributed by atoms with Gasteiger partial charge in [-0.25, -0.2) is 5.43 Å². The number of aryl methyl sites for hydroxylation is 2. The van der Waals surface area contributed by atoms with Crippen molar-refractivity contribution < 1.29 is 23.9 Å². The summed E-state index contributed by atoms with van der Waals surface area (Å²) in [6.07, 6.45) is 1.46. The summed E-state index contributed by atoms with van der Waals surface area (Å²) in [5.41, 5.74) is 10.9. The topological polar surface area (TPSA) is 132 Å². The van der Waals surface area contributed by atoms with E-state index in [1.165, 1.54) is 13.3 Å². The molecule has 0 saturated heterocycles. The smallest absolute Gasteiger partial charge is 0.255 e. The zero-order chi connectivity index (χ0) is 22.8. The molecule has 2 aromatic rings. The van der Waals surface area contributed by atoms with Crippen molar-refractivity contribution in [1.29, 1.82) is 0 Å². The first kappa shape index (κ1) is 23.4. The van der Waals surface area contributed by atoms with Crippen molar-refractivity contribution in [3.05, 3.63) is 53.1 Å². The number of benzene rings is 2. The second-order valence-corrected chi connectivity index (χ2v) is 6.83. The van der Waals surface area contributed by atoms with Crippen molar-refractivity contribution in [2.24, 2.45) is 10.8 Å². The van der Waals surface area contributed by atoms with Gasteiger partial charge in [0.1, 0.15) is 0 Å². The van der Waals surface area contributed by atoms with Gasteiger partial charge in [-0.15, -0.1) is 0 Å². The van der Waals surface area contributed by atoms with Crippen molar-refractivity contribution >= 4 is 29.6 Å². The number of methoxy groups -OCH3 is 1. The van der Waals surface area contributed by atoms with Crippen molar-refractivity contribution in [2.75, 3.05) is 19.0 Å². The lowest BCUT2D eigenvalue weighted by molar-refractivity contribution is -0.124. The van der Waals surface area contributed by atoms with Crippen LogP contribution in [0.25, 0.3) is 0 Å². The Kier molecular flexibility index (Phi) is 8.56. The summed E-state index contributed by atoms with van der Waals surface area (Å²) >= 11 is 0. The van der Waals surface area contributed by atoms with Gasteiger partial charge in [0.05, 0.1) is 13.3 Å². The van der Waals surface area contributed by atoms with Crippen molar-refractivity contribution in [1.82, 2.24) is 5.43 Å². The second-order valence-electron chi connectivity index (χ2n) is 6.83. The van der Waals surface area contributed by atoms with Gasteiger partial charge in [-0.3, -0.25) is 14.4 Å². The summed E-state index contributed by atoms with van der Waals surface area (Å²) in [4.78, 5) is 34.8. The maximum absolute atomic E-state index is 12.1. The fourth-order valence-corrected chi connectivity index (χ4v) is 2.66. The monoisotopic (exact) mass is 426 g/mol.